The molecule has 0 spiro atoms. The summed E-state index contributed by atoms with van der Waals surface area (Å²) >= 11 is 0. The summed E-state index contributed by atoms with van der Waals surface area (Å²) in [5, 5.41) is -1.86. The molecule has 2 atom stereocenters. The van der Waals surface area contributed by atoms with E-state index >= 15 is 0 Å². The van der Waals surface area contributed by atoms with Crippen molar-refractivity contribution in [2.45, 2.75) is 38.4 Å². The molecule has 0 rings (SSSR count). The van der Waals surface area contributed by atoms with E-state index in [9.17, 15) is 26.3 Å². The van der Waals surface area contributed by atoms with E-state index in [1.165, 1.54) is 0 Å². The summed E-state index contributed by atoms with van der Waals surface area (Å²) in [6.07, 6.45) is -9.22. The second kappa shape index (κ2) is 3.90. The van der Waals surface area contributed by atoms with Crippen molar-refractivity contribution >= 4 is 7.85 Å². The van der Waals surface area contributed by atoms with Gasteiger partial charge in [0, 0.05) is 0 Å². The molecule has 0 saturated carbocycles. The van der Waals surface area contributed by atoms with Gasteiger partial charge in [0.25, 0.3) is 0 Å². The maximum Gasteiger partial charge on any atom is 0.391 e. The minimum Gasteiger partial charge on any atom is -0.171 e. The highest BCUT2D eigenvalue weighted by molar-refractivity contribution is 6.15. The van der Waals surface area contributed by atoms with Crippen LogP contribution in [0.2, 0.25) is 5.31 Å². The predicted octanol–water partition coefficient (Wildman–Crippen LogP) is 3.19. The predicted molar refractivity (Wildman–Crippen MR) is 47.3 cm³/mol. The Bertz CT molecular complexity index is 194. The molecule has 0 N–H and O–H groups in total. The Morgan fingerprint density at radius 1 is 0.800 bits per heavy atom. The van der Waals surface area contributed by atoms with Gasteiger partial charge in [-0.3, -0.25) is 0 Å². The fraction of sp³-hybridized carbons (Fsp3) is 1.00. The Morgan fingerprint density at radius 3 is 1.13 bits per heavy atom. The molecule has 0 amide bonds. The molecule has 0 aromatic carbocycles. The van der Waals surface area contributed by atoms with Gasteiger partial charge in [-0.2, -0.15) is 26.3 Å². The highest BCUT2D eigenvalue weighted by Crippen LogP contribution is 2.52. The molecular formula is C8H13BF6. The van der Waals surface area contributed by atoms with Gasteiger partial charge in [-0.1, -0.05) is 20.8 Å². The first-order chi connectivity index (χ1) is 6.31. The lowest BCUT2D eigenvalue weighted by molar-refractivity contribution is -0.218. The van der Waals surface area contributed by atoms with Gasteiger partial charge in [-0.15, -0.1) is 0 Å². The van der Waals surface area contributed by atoms with E-state index < -0.39 is 29.5 Å². The monoisotopic (exact) mass is 234 g/mol. The van der Waals surface area contributed by atoms with Gasteiger partial charge in [-0.25, -0.2) is 0 Å². The lowest BCUT2D eigenvalue weighted by Gasteiger charge is -2.39. The van der Waals surface area contributed by atoms with Crippen molar-refractivity contribution in [3.63, 3.8) is 0 Å². The molecule has 90 valence electrons. The average molecular weight is 234 g/mol. The number of hydrogen-bond donors (Lipinski definition) is 0. The summed E-state index contributed by atoms with van der Waals surface area (Å²) in [6, 6.07) is 0. The Kier molecular flexibility index (Phi) is 3.81. The molecule has 15 heavy (non-hydrogen) atoms. The molecule has 0 heterocycles. The van der Waals surface area contributed by atoms with E-state index in [4.69, 9.17) is 0 Å². The summed E-state index contributed by atoms with van der Waals surface area (Å²) in [5.74, 6) is -4.00. The van der Waals surface area contributed by atoms with Crippen molar-refractivity contribution in [2.24, 2.45) is 11.8 Å². The van der Waals surface area contributed by atoms with Crippen LogP contribution in [0.5, 0.6) is 0 Å². The van der Waals surface area contributed by atoms with Crippen molar-refractivity contribution in [3.05, 3.63) is 0 Å². The van der Waals surface area contributed by atoms with Crippen molar-refractivity contribution in [2.75, 3.05) is 0 Å². The largest absolute Gasteiger partial charge is 0.391 e. The van der Waals surface area contributed by atoms with Crippen molar-refractivity contribution in [1.29, 1.82) is 0 Å². The van der Waals surface area contributed by atoms with Gasteiger partial charge in [0.05, 0.1) is 11.8 Å². The topological polar surface area (TPSA) is 0 Å². The van der Waals surface area contributed by atoms with E-state index in [0.29, 0.717) is 0 Å². The SMILES string of the molecule is BC(C)(C(C)C(F)(F)F)C(C)C(F)(F)F. The van der Waals surface area contributed by atoms with E-state index in [1.807, 2.05) is 0 Å². The molecule has 0 aromatic rings. The van der Waals surface area contributed by atoms with Crippen LogP contribution in [0.25, 0.3) is 0 Å². The Hall–Kier alpha value is -0.355. The normalized spacial score (nSPS) is 21.9. The molecule has 0 bridgehead atoms. The third-order valence-electron chi connectivity index (χ3n) is 3.21. The minimum absolute atomic E-state index is 0.780. The zero-order chi connectivity index (χ0) is 12.7. The summed E-state index contributed by atoms with van der Waals surface area (Å²) in [7, 11) is 0.989. The zero-order valence-electron chi connectivity index (χ0n) is 8.92. The van der Waals surface area contributed by atoms with Crippen LogP contribution in [0.15, 0.2) is 0 Å². The smallest absolute Gasteiger partial charge is 0.171 e. The fourth-order valence-electron chi connectivity index (χ4n) is 1.22. The second-order valence-electron chi connectivity index (χ2n) is 4.35. The first-order valence-corrected chi connectivity index (χ1v) is 4.44. The lowest BCUT2D eigenvalue weighted by Crippen LogP contribution is -2.41. The zero-order valence-corrected chi connectivity index (χ0v) is 8.92. The number of hydrogen-bond acceptors (Lipinski definition) is 0. The highest BCUT2D eigenvalue weighted by atomic mass is 19.4. The van der Waals surface area contributed by atoms with Crippen LogP contribution in [0.4, 0.5) is 26.3 Å². The Balaban J connectivity index is 4.98. The van der Waals surface area contributed by atoms with Gasteiger partial charge in [0.1, 0.15) is 7.85 Å². The van der Waals surface area contributed by atoms with Crippen LogP contribution in [-0.2, 0) is 0 Å². The van der Waals surface area contributed by atoms with Gasteiger partial charge in [0.15, 0.2) is 0 Å². The molecule has 0 nitrogen and oxygen atoms in total. The summed E-state index contributed by atoms with van der Waals surface area (Å²) in [4.78, 5) is 0. The fourth-order valence-corrected chi connectivity index (χ4v) is 1.22. The van der Waals surface area contributed by atoms with Crippen molar-refractivity contribution in [3.8, 4) is 0 Å². The molecule has 0 saturated heterocycles. The molecule has 0 aliphatic rings. The molecule has 7 heteroatoms. The first kappa shape index (κ1) is 14.6. The van der Waals surface area contributed by atoms with Crippen LogP contribution in [-0.4, -0.2) is 20.2 Å². The molecular weight excluding hydrogens is 221 g/mol. The molecule has 0 aliphatic carbocycles. The van der Waals surface area contributed by atoms with Gasteiger partial charge >= 0.3 is 12.4 Å². The standard InChI is InChI=1S/C8H13BF6/c1-4(7(10,11)12)6(3,9)5(2)8(13,14)15/h4-5H,9H2,1-3H3. The van der Waals surface area contributed by atoms with Crippen molar-refractivity contribution in [1.82, 2.24) is 0 Å². The van der Waals surface area contributed by atoms with Crippen LogP contribution in [0.1, 0.15) is 20.8 Å². The van der Waals surface area contributed by atoms with E-state index in [1.54, 1.807) is 0 Å². The molecule has 0 aliphatic heterocycles. The van der Waals surface area contributed by atoms with Gasteiger partial charge < -0.3 is 0 Å². The van der Waals surface area contributed by atoms with Gasteiger partial charge in [0.2, 0.25) is 0 Å². The molecule has 0 radical (unpaired) electrons. The Morgan fingerprint density at radius 2 is 1.00 bits per heavy atom. The maximum atomic E-state index is 12.3. The van der Waals surface area contributed by atoms with Crippen LogP contribution in [0, 0.1) is 11.8 Å². The first-order valence-electron chi connectivity index (χ1n) is 4.44. The van der Waals surface area contributed by atoms with E-state index in [0.717, 1.165) is 28.6 Å². The third kappa shape index (κ3) is 3.31. The summed E-state index contributed by atoms with van der Waals surface area (Å²) in [5.41, 5.74) is 0. The number of rotatable bonds is 2. The third-order valence-corrected chi connectivity index (χ3v) is 3.21. The molecule has 0 aromatic heterocycles. The summed E-state index contributed by atoms with van der Waals surface area (Å²) < 4.78 is 74.0. The minimum atomic E-state index is -4.61. The Labute approximate surface area is 85.4 Å². The van der Waals surface area contributed by atoms with Crippen molar-refractivity contribution < 1.29 is 26.3 Å². The number of alkyl halides is 6. The number of halogens is 6. The quantitative estimate of drug-likeness (QED) is 0.508. The lowest BCUT2D eigenvalue weighted by atomic mass is 9.55. The molecule has 0 fully saturated rings. The van der Waals surface area contributed by atoms with Crippen LogP contribution < -0.4 is 0 Å². The second-order valence-corrected chi connectivity index (χ2v) is 4.35. The van der Waals surface area contributed by atoms with Crippen LogP contribution in [0.3, 0.4) is 0 Å². The molecule has 2 unspecified atom stereocenters. The average Bonchev–Trinajstić information content (AvgIpc) is 1.98. The van der Waals surface area contributed by atoms with E-state index in [2.05, 4.69) is 0 Å². The van der Waals surface area contributed by atoms with E-state index in [-0.39, 0.29) is 0 Å². The maximum absolute atomic E-state index is 12.3. The van der Waals surface area contributed by atoms with Gasteiger partial charge in [-0.05, 0) is 5.31 Å². The highest BCUT2D eigenvalue weighted by Gasteiger charge is 2.54. The summed E-state index contributed by atoms with van der Waals surface area (Å²) in [6.45, 7) is 2.55. The van der Waals surface area contributed by atoms with Crippen LogP contribution >= 0.6 is 0 Å².